The Hall–Kier alpha value is -3.83. The molecule has 0 atom stereocenters. The molecule has 1 saturated heterocycles. The number of hydrogen-bond acceptors (Lipinski definition) is 3. The maximum absolute atomic E-state index is 13.5. The summed E-state index contributed by atoms with van der Waals surface area (Å²) in [6.45, 7) is 2.07. The van der Waals surface area contributed by atoms with E-state index in [0.717, 1.165) is 39.1 Å². The van der Waals surface area contributed by atoms with Gasteiger partial charge in [-0.3, -0.25) is 19.8 Å². The number of anilines is 1. The first-order chi connectivity index (χ1) is 15.6. The van der Waals surface area contributed by atoms with Crippen molar-refractivity contribution in [1.82, 2.24) is 5.32 Å². The highest BCUT2D eigenvalue weighted by atomic mass is 32.1. The summed E-state index contributed by atoms with van der Waals surface area (Å²) in [7, 11) is 0. The van der Waals surface area contributed by atoms with E-state index in [0.29, 0.717) is 5.69 Å². The second kappa shape index (κ2) is 8.02. The van der Waals surface area contributed by atoms with Gasteiger partial charge in [-0.15, -0.1) is 0 Å². The molecule has 0 spiro atoms. The van der Waals surface area contributed by atoms with Crippen LogP contribution in [0.15, 0.2) is 84.4 Å². The van der Waals surface area contributed by atoms with E-state index >= 15 is 0 Å². The van der Waals surface area contributed by atoms with E-state index in [2.05, 4.69) is 18.3 Å². The molecular formula is C27H20N2O2S. The second-order valence-electron chi connectivity index (χ2n) is 7.71. The number of thiocarbonyl (C=S) groups is 1. The lowest BCUT2D eigenvalue weighted by Gasteiger charge is -2.29. The Balaban J connectivity index is 1.68. The fourth-order valence-electron chi connectivity index (χ4n) is 4.12. The maximum atomic E-state index is 13.5. The summed E-state index contributed by atoms with van der Waals surface area (Å²) in [6, 6.07) is 25.7. The molecule has 156 valence electrons. The first kappa shape index (κ1) is 20.1. The van der Waals surface area contributed by atoms with Crippen LogP contribution in [0.2, 0.25) is 0 Å². The van der Waals surface area contributed by atoms with E-state index in [-0.39, 0.29) is 10.7 Å². The number of nitrogens with one attached hydrogen (secondary N) is 1. The Kier molecular flexibility index (Phi) is 5.04. The molecule has 0 aliphatic carbocycles. The van der Waals surface area contributed by atoms with Crippen molar-refractivity contribution in [3.63, 3.8) is 0 Å². The minimum Gasteiger partial charge on any atom is -0.298 e. The lowest BCUT2D eigenvalue weighted by atomic mass is 9.94. The van der Waals surface area contributed by atoms with Crippen LogP contribution < -0.4 is 10.2 Å². The van der Waals surface area contributed by atoms with E-state index < -0.39 is 11.8 Å². The lowest BCUT2D eigenvalue weighted by molar-refractivity contribution is -0.122. The van der Waals surface area contributed by atoms with Gasteiger partial charge in [-0.1, -0.05) is 67.6 Å². The molecule has 1 heterocycles. The average Bonchev–Trinajstić information content (AvgIpc) is 2.81. The predicted molar refractivity (Wildman–Crippen MR) is 133 cm³/mol. The van der Waals surface area contributed by atoms with Crippen molar-refractivity contribution in [2.24, 2.45) is 0 Å². The standard InChI is InChI=1S/C27H20N2O2S/c1-2-17-11-13-20(14-12-17)29-26(31)24(25(30)28-27(29)32)16-23-21-9-5-3-7-18(21)15-19-8-4-6-10-22(19)23/h3-16H,2H2,1H3,(H,28,30,32). The first-order valence-electron chi connectivity index (χ1n) is 10.5. The molecule has 0 saturated carbocycles. The van der Waals surface area contributed by atoms with E-state index in [1.807, 2.05) is 72.8 Å². The molecule has 32 heavy (non-hydrogen) atoms. The van der Waals surface area contributed by atoms with Crippen LogP contribution in [-0.2, 0) is 16.0 Å². The Morgan fingerprint density at radius 3 is 2.06 bits per heavy atom. The predicted octanol–water partition coefficient (Wildman–Crippen LogP) is 5.39. The van der Waals surface area contributed by atoms with Gasteiger partial charge in [0.15, 0.2) is 5.11 Å². The summed E-state index contributed by atoms with van der Waals surface area (Å²) >= 11 is 5.34. The number of carbonyl (C=O) groups is 2. The monoisotopic (exact) mass is 436 g/mol. The van der Waals surface area contributed by atoms with E-state index in [4.69, 9.17) is 12.2 Å². The van der Waals surface area contributed by atoms with Gasteiger partial charge in [-0.05, 0) is 75.6 Å². The number of nitrogens with zero attached hydrogens (tertiary/aromatic N) is 1. The van der Waals surface area contributed by atoms with Gasteiger partial charge in [-0.2, -0.15) is 0 Å². The topological polar surface area (TPSA) is 49.4 Å². The Morgan fingerprint density at radius 1 is 0.875 bits per heavy atom. The number of rotatable bonds is 3. The van der Waals surface area contributed by atoms with Gasteiger partial charge in [0.1, 0.15) is 5.57 Å². The normalized spacial score (nSPS) is 15.6. The van der Waals surface area contributed by atoms with Crippen LogP contribution >= 0.6 is 12.2 Å². The molecule has 2 amide bonds. The van der Waals surface area contributed by atoms with E-state index in [1.54, 1.807) is 6.08 Å². The number of benzene rings is 4. The zero-order chi connectivity index (χ0) is 22.2. The molecule has 5 rings (SSSR count). The third kappa shape index (κ3) is 3.37. The third-order valence-corrected chi connectivity index (χ3v) is 6.09. The van der Waals surface area contributed by atoms with Crippen LogP contribution in [0, 0.1) is 0 Å². The summed E-state index contributed by atoms with van der Waals surface area (Å²) in [6.07, 6.45) is 2.59. The second-order valence-corrected chi connectivity index (χ2v) is 8.10. The molecule has 1 aliphatic heterocycles. The number of fused-ring (bicyclic) bond motifs is 2. The van der Waals surface area contributed by atoms with Crippen molar-refractivity contribution in [3.05, 3.63) is 95.6 Å². The van der Waals surface area contributed by atoms with Crippen LogP contribution in [0.3, 0.4) is 0 Å². The number of aryl methyl sites for hydroxylation is 1. The molecule has 1 fully saturated rings. The number of carbonyl (C=O) groups excluding carboxylic acids is 2. The van der Waals surface area contributed by atoms with Crippen molar-refractivity contribution in [1.29, 1.82) is 0 Å². The van der Waals surface area contributed by atoms with Crippen LogP contribution in [-0.4, -0.2) is 16.9 Å². The SMILES string of the molecule is CCc1ccc(N2C(=O)C(=Cc3c4ccccc4cc4ccccc34)C(=O)NC2=S)cc1. The highest BCUT2D eigenvalue weighted by molar-refractivity contribution is 7.80. The molecule has 0 unspecified atom stereocenters. The molecule has 4 aromatic rings. The van der Waals surface area contributed by atoms with E-state index in [9.17, 15) is 9.59 Å². The molecule has 0 radical (unpaired) electrons. The Bertz CT molecular complexity index is 1380. The van der Waals surface area contributed by atoms with Crippen LogP contribution in [0.4, 0.5) is 5.69 Å². The largest absolute Gasteiger partial charge is 0.298 e. The highest BCUT2D eigenvalue weighted by Gasteiger charge is 2.34. The van der Waals surface area contributed by atoms with Gasteiger partial charge in [-0.25, -0.2) is 0 Å². The van der Waals surface area contributed by atoms with Gasteiger partial charge in [0, 0.05) is 0 Å². The maximum Gasteiger partial charge on any atom is 0.270 e. The summed E-state index contributed by atoms with van der Waals surface area (Å²) in [5.74, 6) is -0.918. The minimum absolute atomic E-state index is 0.0553. The molecule has 5 heteroatoms. The van der Waals surface area contributed by atoms with Gasteiger partial charge >= 0.3 is 0 Å². The van der Waals surface area contributed by atoms with Crippen molar-refractivity contribution in [3.8, 4) is 0 Å². The summed E-state index contributed by atoms with van der Waals surface area (Å²) < 4.78 is 0. The zero-order valence-corrected chi connectivity index (χ0v) is 18.3. The molecule has 0 aromatic heterocycles. The van der Waals surface area contributed by atoms with Gasteiger partial charge in [0.2, 0.25) is 0 Å². The summed E-state index contributed by atoms with van der Waals surface area (Å²) in [4.78, 5) is 27.7. The molecular weight excluding hydrogens is 416 g/mol. The van der Waals surface area contributed by atoms with Crippen LogP contribution in [0.5, 0.6) is 0 Å². The zero-order valence-electron chi connectivity index (χ0n) is 17.5. The van der Waals surface area contributed by atoms with Crippen molar-refractivity contribution in [2.45, 2.75) is 13.3 Å². The minimum atomic E-state index is -0.488. The van der Waals surface area contributed by atoms with Crippen LogP contribution in [0.25, 0.3) is 27.6 Å². The fourth-order valence-corrected chi connectivity index (χ4v) is 4.40. The third-order valence-electron chi connectivity index (χ3n) is 5.81. The Labute approximate surface area is 191 Å². The molecule has 4 aromatic carbocycles. The first-order valence-corrected chi connectivity index (χ1v) is 10.9. The average molecular weight is 437 g/mol. The summed E-state index contributed by atoms with van der Waals surface area (Å²) in [5, 5.41) is 6.82. The molecule has 1 N–H and O–H groups in total. The smallest absolute Gasteiger partial charge is 0.270 e. The highest BCUT2D eigenvalue weighted by Crippen LogP contribution is 2.31. The number of hydrogen-bond donors (Lipinski definition) is 1. The van der Waals surface area contributed by atoms with Crippen LogP contribution in [0.1, 0.15) is 18.1 Å². The van der Waals surface area contributed by atoms with Crippen molar-refractivity contribution >= 4 is 62.5 Å². The quantitative estimate of drug-likeness (QED) is 0.203. The lowest BCUT2D eigenvalue weighted by Crippen LogP contribution is -2.54. The van der Waals surface area contributed by atoms with Gasteiger partial charge < -0.3 is 0 Å². The number of amides is 2. The Morgan fingerprint density at radius 2 is 1.47 bits per heavy atom. The van der Waals surface area contributed by atoms with Gasteiger partial charge in [0.25, 0.3) is 11.8 Å². The molecule has 0 bridgehead atoms. The fraction of sp³-hybridized carbons (Fsp3) is 0.0741. The molecule has 4 nitrogen and oxygen atoms in total. The van der Waals surface area contributed by atoms with Crippen molar-refractivity contribution in [2.75, 3.05) is 4.90 Å². The molecule has 1 aliphatic rings. The van der Waals surface area contributed by atoms with E-state index in [1.165, 1.54) is 4.90 Å². The van der Waals surface area contributed by atoms with Gasteiger partial charge in [0.05, 0.1) is 5.69 Å². The van der Waals surface area contributed by atoms with Crippen molar-refractivity contribution < 1.29 is 9.59 Å². The summed E-state index contributed by atoms with van der Waals surface area (Å²) in [5.41, 5.74) is 2.68.